The number of aromatic nitrogens is 1. The fraction of sp³-hybridized carbons (Fsp3) is 0. The zero-order valence-electron chi connectivity index (χ0n) is 12.2. The van der Waals surface area contributed by atoms with E-state index in [9.17, 15) is 4.79 Å². The number of carbonyl (C=O) groups is 1. The van der Waals surface area contributed by atoms with Crippen LogP contribution in [0, 0.1) is 0 Å². The molecule has 0 saturated carbocycles. The van der Waals surface area contributed by atoms with Crippen molar-refractivity contribution >= 4 is 50.2 Å². The van der Waals surface area contributed by atoms with Crippen LogP contribution in [-0.2, 0) is 4.79 Å². The highest BCUT2D eigenvalue weighted by Crippen LogP contribution is 2.29. The van der Waals surface area contributed by atoms with Crippen LogP contribution in [0.1, 0.15) is 11.3 Å². The quantitative estimate of drug-likeness (QED) is 0.615. The number of rotatable bonds is 3. The normalized spacial score (nSPS) is 16.0. The summed E-state index contributed by atoms with van der Waals surface area (Å²) >= 11 is 4.81. The lowest BCUT2D eigenvalue weighted by Crippen LogP contribution is -2.32. The van der Waals surface area contributed by atoms with E-state index in [2.05, 4.69) is 25.9 Å². The van der Waals surface area contributed by atoms with Crippen molar-refractivity contribution < 1.29 is 9.21 Å². The Labute approximate surface area is 150 Å². The Morgan fingerprint density at radius 1 is 1.21 bits per heavy atom. The fourth-order valence-electron chi connectivity index (χ4n) is 2.32. The van der Waals surface area contributed by atoms with E-state index >= 15 is 0 Å². The Hall–Kier alpha value is -2.51. The monoisotopic (exact) mass is 399 g/mol. The van der Waals surface area contributed by atoms with E-state index in [1.165, 1.54) is 16.2 Å². The molecule has 0 saturated heterocycles. The first-order valence-electron chi connectivity index (χ1n) is 7.06. The van der Waals surface area contributed by atoms with E-state index in [-0.39, 0.29) is 5.91 Å². The lowest BCUT2D eigenvalue weighted by molar-refractivity contribution is -0.113. The van der Waals surface area contributed by atoms with Crippen LogP contribution in [-0.4, -0.2) is 16.7 Å². The molecule has 0 N–H and O–H groups in total. The van der Waals surface area contributed by atoms with Crippen molar-refractivity contribution in [2.45, 2.75) is 0 Å². The Morgan fingerprint density at radius 3 is 2.71 bits per heavy atom. The van der Waals surface area contributed by atoms with Crippen molar-refractivity contribution in [3.8, 4) is 0 Å². The van der Waals surface area contributed by atoms with Gasteiger partial charge in [0.25, 0.3) is 5.91 Å². The highest BCUT2D eigenvalue weighted by atomic mass is 79.9. The standard InChI is InChI=1S/C17H10BrN3O2S/c18-12-5-3-11(4-6-12)15-20-14(10-13-2-1-8-23-13)16(22)21(15)17-19-7-9-24-17/h1-10H. The van der Waals surface area contributed by atoms with Crippen LogP contribution >= 0.6 is 27.3 Å². The lowest BCUT2D eigenvalue weighted by atomic mass is 10.2. The molecule has 0 radical (unpaired) electrons. The van der Waals surface area contributed by atoms with Gasteiger partial charge >= 0.3 is 0 Å². The molecule has 1 aromatic carbocycles. The van der Waals surface area contributed by atoms with Crippen LogP contribution in [0.25, 0.3) is 6.08 Å². The van der Waals surface area contributed by atoms with Gasteiger partial charge in [-0.05, 0) is 24.3 Å². The molecule has 0 spiro atoms. The second-order valence-electron chi connectivity index (χ2n) is 4.94. The third-order valence-corrected chi connectivity index (χ3v) is 4.68. The van der Waals surface area contributed by atoms with Gasteiger partial charge in [-0.1, -0.05) is 28.1 Å². The van der Waals surface area contributed by atoms with Crippen LogP contribution in [0.3, 0.4) is 0 Å². The molecule has 118 valence electrons. The average molecular weight is 400 g/mol. The molecular formula is C17H10BrN3O2S. The summed E-state index contributed by atoms with van der Waals surface area (Å²) in [6.45, 7) is 0. The minimum absolute atomic E-state index is 0.223. The number of amidine groups is 1. The van der Waals surface area contributed by atoms with Crippen molar-refractivity contribution in [3.05, 3.63) is 75.7 Å². The fourth-order valence-corrected chi connectivity index (χ4v) is 3.23. The van der Waals surface area contributed by atoms with Crippen molar-refractivity contribution in [2.24, 2.45) is 4.99 Å². The highest BCUT2D eigenvalue weighted by Gasteiger charge is 2.34. The Kier molecular flexibility index (Phi) is 3.87. The third kappa shape index (κ3) is 2.72. The number of carbonyl (C=O) groups excluding carboxylic acids is 1. The summed E-state index contributed by atoms with van der Waals surface area (Å²) in [5.41, 5.74) is 1.16. The maximum absolute atomic E-state index is 12.8. The zero-order valence-corrected chi connectivity index (χ0v) is 14.6. The Morgan fingerprint density at radius 2 is 2.04 bits per heavy atom. The predicted octanol–water partition coefficient (Wildman–Crippen LogP) is 4.33. The summed E-state index contributed by atoms with van der Waals surface area (Å²) in [6, 6.07) is 11.2. The summed E-state index contributed by atoms with van der Waals surface area (Å²) in [5.74, 6) is 0.915. The van der Waals surface area contributed by atoms with E-state index in [1.807, 2.05) is 29.6 Å². The van der Waals surface area contributed by atoms with Gasteiger partial charge in [-0.25, -0.2) is 14.9 Å². The van der Waals surface area contributed by atoms with Gasteiger partial charge in [-0.3, -0.25) is 4.79 Å². The number of nitrogens with zero attached hydrogens (tertiary/aromatic N) is 3. The molecule has 7 heteroatoms. The van der Waals surface area contributed by atoms with Gasteiger partial charge in [0.05, 0.1) is 6.26 Å². The molecule has 4 rings (SSSR count). The van der Waals surface area contributed by atoms with Crippen LogP contribution in [0.5, 0.6) is 0 Å². The van der Waals surface area contributed by atoms with E-state index in [0.717, 1.165) is 10.0 Å². The number of hydrogen-bond donors (Lipinski definition) is 0. The minimum Gasteiger partial charge on any atom is -0.465 e. The van der Waals surface area contributed by atoms with E-state index < -0.39 is 0 Å². The summed E-state index contributed by atoms with van der Waals surface area (Å²) in [5, 5.41) is 2.42. The molecule has 5 nitrogen and oxygen atoms in total. The maximum Gasteiger partial charge on any atom is 0.284 e. The molecular weight excluding hydrogens is 390 g/mol. The topological polar surface area (TPSA) is 58.7 Å². The van der Waals surface area contributed by atoms with Crippen LogP contribution in [0.4, 0.5) is 5.13 Å². The number of furan rings is 1. The first-order chi connectivity index (χ1) is 11.7. The SMILES string of the molecule is O=C1C(=Cc2ccco2)N=C(c2ccc(Br)cc2)N1c1nccs1. The Balaban J connectivity index is 1.82. The van der Waals surface area contributed by atoms with Gasteiger partial charge in [0.1, 0.15) is 17.3 Å². The minimum atomic E-state index is -0.223. The van der Waals surface area contributed by atoms with Crippen molar-refractivity contribution in [1.29, 1.82) is 0 Å². The molecule has 3 heterocycles. The molecule has 3 aromatic rings. The second-order valence-corrected chi connectivity index (χ2v) is 6.73. The number of aliphatic imine (C=N–C) groups is 1. The number of benzene rings is 1. The number of thiazole rings is 1. The first kappa shape index (κ1) is 15.0. The molecule has 1 aliphatic heterocycles. The summed E-state index contributed by atoms with van der Waals surface area (Å²) in [4.78, 5) is 23.2. The summed E-state index contributed by atoms with van der Waals surface area (Å²) < 4.78 is 6.25. The van der Waals surface area contributed by atoms with Crippen molar-refractivity contribution in [1.82, 2.24) is 4.98 Å². The van der Waals surface area contributed by atoms with E-state index in [1.54, 1.807) is 30.7 Å². The molecule has 0 unspecified atom stereocenters. The number of amides is 1. The second kappa shape index (κ2) is 6.18. The van der Waals surface area contributed by atoms with E-state index in [4.69, 9.17) is 4.42 Å². The summed E-state index contributed by atoms with van der Waals surface area (Å²) in [7, 11) is 0. The average Bonchev–Trinajstić information content (AvgIpc) is 3.31. The molecule has 1 aliphatic rings. The van der Waals surface area contributed by atoms with Crippen LogP contribution < -0.4 is 4.90 Å². The van der Waals surface area contributed by atoms with Gasteiger partial charge in [0.2, 0.25) is 0 Å². The zero-order chi connectivity index (χ0) is 16.5. The number of anilines is 1. The third-order valence-electron chi connectivity index (χ3n) is 3.40. The predicted molar refractivity (Wildman–Crippen MR) is 97.0 cm³/mol. The molecule has 24 heavy (non-hydrogen) atoms. The largest absolute Gasteiger partial charge is 0.465 e. The van der Waals surface area contributed by atoms with Gasteiger partial charge in [0.15, 0.2) is 5.13 Å². The van der Waals surface area contributed by atoms with Crippen LogP contribution in [0.2, 0.25) is 0 Å². The molecule has 0 aliphatic carbocycles. The maximum atomic E-state index is 12.8. The molecule has 0 atom stereocenters. The van der Waals surface area contributed by atoms with Crippen molar-refractivity contribution in [3.63, 3.8) is 0 Å². The van der Waals surface area contributed by atoms with Gasteiger partial charge in [0, 0.05) is 27.7 Å². The first-order valence-corrected chi connectivity index (χ1v) is 8.73. The highest BCUT2D eigenvalue weighted by molar-refractivity contribution is 9.10. The van der Waals surface area contributed by atoms with Gasteiger partial charge in [-0.15, -0.1) is 11.3 Å². The molecule has 1 amide bonds. The lowest BCUT2D eigenvalue weighted by Gasteiger charge is -2.14. The molecule has 0 bridgehead atoms. The smallest absolute Gasteiger partial charge is 0.284 e. The summed E-state index contributed by atoms with van der Waals surface area (Å²) in [6.07, 6.45) is 4.86. The number of halogens is 1. The van der Waals surface area contributed by atoms with Crippen molar-refractivity contribution in [2.75, 3.05) is 4.90 Å². The van der Waals surface area contributed by atoms with Crippen LogP contribution in [0.15, 0.2) is 73.8 Å². The number of hydrogen-bond acceptors (Lipinski definition) is 5. The van der Waals surface area contributed by atoms with Gasteiger partial charge < -0.3 is 4.42 Å². The van der Waals surface area contributed by atoms with Gasteiger partial charge in [-0.2, -0.15) is 0 Å². The molecule has 0 fully saturated rings. The van der Waals surface area contributed by atoms with E-state index in [0.29, 0.717) is 22.4 Å². The Bertz CT molecular complexity index is 929. The molecule has 2 aromatic heterocycles.